The van der Waals surface area contributed by atoms with Gasteiger partial charge in [-0.3, -0.25) is 0 Å². The second-order valence-corrected chi connectivity index (χ2v) is 3.50. The van der Waals surface area contributed by atoms with Crippen molar-refractivity contribution in [2.45, 2.75) is 6.92 Å². The number of hydrogen-bond donors (Lipinski definition) is 0. The zero-order chi connectivity index (χ0) is 11.3. The second-order valence-electron chi connectivity index (χ2n) is 2.69. The zero-order valence-electron chi connectivity index (χ0n) is 8.13. The lowest BCUT2D eigenvalue weighted by Gasteiger charge is -2.05. The lowest BCUT2D eigenvalue weighted by atomic mass is 10.3. The van der Waals surface area contributed by atoms with E-state index in [0.717, 1.165) is 0 Å². The van der Waals surface area contributed by atoms with Gasteiger partial charge in [0.2, 0.25) is 0 Å². The van der Waals surface area contributed by atoms with Gasteiger partial charge < -0.3 is 9.47 Å². The number of carbonyl (C=O) groups excluding carboxylic acids is 1. The molecule has 0 bridgehead atoms. The molecule has 3 nitrogen and oxygen atoms in total. The third-order valence-electron chi connectivity index (χ3n) is 1.55. The highest BCUT2D eigenvalue weighted by molar-refractivity contribution is 6.42. The molecule has 0 saturated heterocycles. The van der Waals surface area contributed by atoms with Gasteiger partial charge in [0.1, 0.15) is 12.4 Å². The van der Waals surface area contributed by atoms with Gasteiger partial charge in [-0.15, -0.1) is 0 Å². The van der Waals surface area contributed by atoms with Crippen molar-refractivity contribution in [2.75, 3.05) is 13.2 Å². The summed E-state index contributed by atoms with van der Waals surface area (Å²) < 4.78 is 9.83. The predicted octanol–water partition coefficient (Wildman–Crippen LogP) is 2.94. The summed E-state index contributed by atoms with van der Waals surface area (Å²) in [4.78, 5) is 11.1. The molecule has 0 fully saturated rings. The van der Waals surface area contributed by atoms with Gasteiger partial charge in [-0.25, -0.2) is 4.79 Å². The van der Waals surface area contributed by atoms with Crippen LogP contribution in [0.3, 0.4) is 0 Å². The van der Waals surface area contributed by atoms with Gasteiger partial charge in [0.15, 0.2) is 0 Å². The summed E-state index contributed by atoms with van der Waals surface area (Å²) >= 11 is 11.5. The second kappa shape index (κ2) is 5.95. The highest BCUT2D eigenvalue weighted by Crippen LogP contribution is 2.26. The minimum atomic E-state index is -0.463. The molecule has 1 rings (SSSR count). The standard InChI is InChI=1S/C10H10Cl2O3/c1-2-14-6-10(13)15-7-3-4-8(11)9(12)5-7/h3-5H,2,6H2,1H3. The Kier molecular flexibility index (Phi) is 4.88. The van der Waals surface area contributed by atoms with E-state index >= 15 is 0 Å². The Morgan fingerprint density at radius 1 is 1.33 bits per heavy atom. The lowest BCUT2D eigenvalue weighted by molar-refractivity contribution is -0.139. The van der Waals surface area contributed by atoms with Crippen LogP contribution in [-0.4, -0.2) is 19.2 Å². The molecule has 0 saturated carbocycles. The Labute approximate surface area is 97.9 Å². The summed E-state index contributed by atoms with van der Waals surface area (Å²) in [6.45, 7) is 2.19. The van der Waals surface area contributed by atoms with E-state index in [1.165, 1.54) is 6.07 Å². The number of carbonyl (C=O) groups is 1. The number of rotatable bonds is 4. The van der Waals surface area contributed by atoms with Crippen molar-refractivity contribution in [1.82, 2.24) is 0 Å². The van der Waals surface area contributed by atoms with E-state index in [1.54, 1.807) is 19.1 Å². The fraction of sp³-hybridized carbons (Fsp3) is 0.300. The van der Waals surface area contributed by atoms with Crippen LogP contribution in [0.15, 0.2) is 18.2 Å². The first-order valence-electron chi connectivity index (χ1n) is 4.37. The van der Waals surface area contributed by atoms with Crippen LogP contribution in [0.1, 0.15) is 6.92 Å². The summed E-state index contributed by atoms with van der Waals surface area (Å²) in [5.41, 5.74) is 0. The number of halogens is 2. The first kappa shape index (κ1) is 12.3. The van der Waals surface area contributed by atoms with Gasteiger partial charge in [0, 0.05) is 12.7 Å². The first-order valence-corrected chi connectivity index (χ1v) is 5.12. The Balaban J connectivity index is 2.57. The molecule has 0 N–H and O–H groups in total. The number of esters is 1. The van der Waals surface area contributed by atoms with Crippen LogP contribution in [0.5, 0.6) is 5.75 Å². The Bertz CT molecular complexity index is 353. The molecule has 1 aromatic carbocycles. The van der Waals surface area contributed by atoms with Crippen molar-refractivity contribution < 1.29 is 14.3 Å². The van der Waals surface area contributed by atoms with Crippen LogP contribution < -0.4 is 4.74 Å². The van der Waals surface area contributed by atoms with Gasteiger partial charge in [-0.1, -0.05) is 23.2 Å². The molecule has 0 atom stereocenters. The van der Waals surface area contributed by atoms with E-state index in [4.69, 9.17) is 32.7 Å². The fourth-order valence-electron chi connectivity index (χ4n) is 0.887. The van der Waals surface area contributed by atoms with Crippen LogP contribution in [0.2, 0.25) is 10.0 Å². The molecule has 15 heavy (non-hydrogen) atoms. The fourth-order valence-corrected chi connectivity index (χ4v) is 1.17. The molecule has 0 amide bonds. The lowest BCUT2D eigenvalue weighted by Crippen LogP contribution is -2.15. The van der Waals surface area contributed by atoms with E-state index in [1.807, 2.05) is 0 Å². The summed E-state index contributed by atoms with van der Waals surface area (Å²) in [6.07, 6.45) is 0. The highest BCUT2D eigenvalue weighted by Gasteiger charge is 2.06. The quantitative estimate of drug-likeness (QED) is 0.607. The smallest absolute Gasteiger partial charge is 0.337 e. The molecule has 0 aromatic heterocycles. The molecule has 1 aromatic rings. The monoisotopic (exact) mass is 248 g/mol. The average Bonchev–Trinajstić information content (AvgIpc) is 2.20. The van der Waals surface area contributed by atoms with Crippen LogP contribution in [0.4, 0.5) is 0 Å². The average molecular weight is 249 g/mol. The molecule has 0 spiro atoms. The van der Waals surface area contributed by atoms with E-state index in [9.17, 15) is 4.79 Å². The maximum atomic E-state index is 11.1. The zero-order valence-corrected chi connectivity index (χ0v) is 9.64. The molecule has 0 aliphatic heterocycles. The van der Waals surface area contributed by atoms with E-state index in [2.05, 4.69) is 0 Å². The van der Waals surface area contributed by atoms with Crippen molar-refractivity contribution in [1.29, 1.82) is 0 Å². The highest BCUT2D eigenvalue weighted by atomic mass is 35.5. The minimum Gasteiger partial charge on any atom is -0.425 e. The van der Waals surface area contributed by atoms with Crippen LogP contribution in [0, 0.1) is 0 Å². The maximum Gasteiger partial charge on any atom is 0.337 e. The van der Waals surface area contributed by atoms with Crippen LogP contribution in [0.25, 0.3) is 0 Å². The van der Waals surface area contributed by atoms with Gasteiger partial charge >= 0.3 is 5.97 Å². The number of ether oxygens (including phenoxy) is 2. The predicted molar refractivity (Wildman–Crippen MR) is 58.6 cm³/mol. The molecule has 0 aliphatic carbocycles. The molecule has 0 radical (unpaired) electrons. The van der Waals surface area contributed by atoms with Crippen LogP contribution in [-0.2, 0) is 9.53 Å². The van der Waals surface area contributed by atoms with Gasteiger partial charge in [0.25, 0.3) is 0 Å². The first-order chi connectivity index (χ1) is 7.13. The van der Waals surface area contributed by atoms with E-state index in [-0.39, 0.29) is 6.61 Å². The van der Waals surface area contributed by atoms with Crippen molar-refractivity contribution in [2.24, 2.45) is 0 Å². The minimum absolute atomic E-state index is 0.0727. The maximum absolute atomic E-state index is 11.1. The summed E-state index contributed by atoms with van der Waals surface area (Å²) in [5, 5.41) is 0.764. The summed E-state index contributed by atoms with van der Waals surface area (Å²) in [6, 6.07) is 4.61. The van der Waals surface area contributed by atoms with E-state index < -0.39 is 5.97 Å². The summed E-state index contributed by atoms with van der Waals surface area (Å²) in [5.74, 6) is -0.107. The van der Waals surface area contributed by atoms with Crippen molar-refractivity contribution in [3.63, 3.8) is 0 Å². The molecule has 0 heterocycles. The van der Waals surface area contributed by atoms with Gasteiger partial charge in [-0.2, -0.15) is 0 Å². The normalized spacial score (nSPS) is 10.1. The molecular weight excluding hydrogens is 239 g/mol. The topological polar surface area (TPSA) is 35.5 Å². The molecule has 0 unspecified atom stereocenters. The number of hydrogen-bond acceptors (Lipinski definition) is 3. The summed E-state index contributed by atoms with van der Waals surface area (Å²) in [7, 11) is 0. The third kappa shape index (κ3) is 4.08. The molecule has 0 aliphatic rings. The molecular formula is C10H10Cl2O3. The van der Waals surface area contributed by atoms with Gasteiger partial charge in [-0.05, 0) is 19.1 Å². The van der Waals surface area contributed by atoms with Gasteiger partial charge in [0.05, 0.1) is 10.0 Å². The molecule has 5 heteroatoms. The Morgan fingerprint density at radius 3 is 2.67 bits per heavy atom. The largest absolute Gasteiger partial charge is 0.425 e. The molecule has 82 valence electrons. The SMILES string of the molecule is CCOCC(=O)Oc1ccc(Cl)c(Cl)c1. The van der Waals surface area contributed by atoms with Crippen molar-refractivity contribution in [3.8, 4) is 5.75 Å². The van der Waals surface area contributed by atoms with E-state index in [0.29, 0.717) is 22.4 Å². The van der Waals surface area contributed by atoms with Crippen molar-refractivity contribution in [3.05, 3.63) is 28.2 Å². The third-order valence-corrected chi connectivity index (χ3v) is 2.29. The Morgan fingerprint density at radius 2 is 2.07 bits per heavy atom. The number of benzene rings is 1. The van der Waals surface area contributed by atoms with Crippen LogP contribution >= 0.6 is 23.2 Å². The van der Waals surface area contributed by atoms with Crippen molar-refractivity contribution >= 4 is 29.2 Å². The Hall–Kier alpha value is -0.770.